The van der Waals surface area contributed by atoms with Crippen molar-refractivity contribution < 1.29 is 18.3 Å². The predicted octanol–water partition coefficient (Wildman–Crippen LogP) is 10.9. The Kier molecular flexibility index (Phi) is 7.64. The summed E-state index contributed by atoms with van der Waals surface area (Å²) in [7, 11) is 0. The summed E-state index contributed by atoms with van der Waals surface area (Å²) in [4.78, 5) is 0. The molecule has 0 amide bonds. The standard InChI is InChI=1S/C23H29.2C6H4Cl.C5H5.CH2.Zr/c1-14-9-16-11-17-10-15(2)21(23(6,7)8)13-19(17)18(16)12-20(14)22(3,4)5;2*7-6-4-2-1-3-5-6;1-2-4-5-3-1;;/h9-13H,1-8H3;2*1-2,4-5H;1-3H,4H2;1H2;. The molecular weight excluding hydrogens is 655 g/mol. The van der Waals surface area contributed by atoms with Crippen molar-refractivity contribution in [3.63, 3.8) is 0 Å². The first-order chi connectivity index (χ1) is 20.5. The van der Waals surface area contributed by atoms with Crippen molar-refractivity contribution in [1.29, 1.82) is 0 Å². The molecule has 0 spiro atoms. The van der Waals surface area contributed by atoms with Crippen molar-refractivity contribution in [3.05, 3.63) is 138 Å². The van der Waals surface area contributed by atoms with Crippen LogP contribution in [0, 0.1) is 13.8 Å². The quantitative estimate of drug-likeness (QED) is 0.199. The van der Waals surface area contributed by atoms with E-state index in [0.717, 1.165) is 16.5 Å². The van der Waals surface area contributed by atoms with Crippen LogP contribution in [-0.4, -0.2) is 4.21 Å². The van der Waals surface area contributed by atoms with Crippen LogP contribution in [0.5, 0.6) is 0 Å². The molecule has 4 aromatic carbocycles. The van der Waals surface area contributed by atoms with Crippen molar-refractivity contribution in [1.82, 2.24) is 0 Å². The van der Waals surface area contributed by atoms with E-state index in [-0.39, 0.29) is 14.5 Å². The predicted molar refractivity (Wildman–Crippen MR) is 192 cm³/mol. The Balaban J connectivity index is 1.86. The fraction of sp³-hybridized carbons (Fsp3) is 0.293. The average molecular weight is 699 g/mol. The molecule has 226 valence electrons. The van der Waals surface area contributed by atoms with Gasteiger partial charge in [0.05, 0.1) is 0 Å². The molecule has 0 radical (unpaired) electrons. The van der Waals surface area contributed by atoms with E-state index in [2.05, 4.69) is 134 Å². The van der Waals surface area contributed by atoms with E-state index in [1.807, 2.05) is 12.1 Å². The molecule has 2 aliphatic carbocycles. The Labute approximate surface area is 275 Å². The molecule has 0 saturated carbocycles. The first-order valence-corrected chi connectivity index (χ1v) is 23.4. The van der Waals surface area contributed by atoms with Crippen LogP contribution < -0.4 is 6.54 Å². The summed E-state index contributed by atoms with van der Waals surface area (Å²) in [5.74, 6) is 0. The van der Waals surface area contributed by atoms with E-state index < -0.39 is 18.3 Å². The van der Waals surface area contributed by atoms with Gasteiger partial charge >= 0.3 is 277 Å². The maximum absolute atomic E-state index is 6.88. The van der Waals surface area contributed by atoms with E-state index >= 15 is 0 Å². The SMILES string of the molecule is [CH2]=[Zr]([C]1=CC=CC1)([c]1cccc(Cl)c1)([c]1cccc(Cl)c1)[CH]1c2cc(C)c(C(C)(C)C)cc2-c2cc(C(C)(C)C)c(C)cc21. The van der Waals surface area contributed by atoms with Crippen LogP contribution in [0.25, 0.3) is 11.1 Å². The number of rotatable bonds is 4. The third kappa shape index (κ3) is 4.68. The van der Waals surface area contributed by atoms with Gasteiger partial charge in [-0.2, -0.15) is 0 Å². The van der Waals surface area contributed by atoms with Gasteiger partial charge in [0.15, 0.2) is 0 Å². The third-order valence-electron chi connectivity index (χ3n) is 10.4. The summed E-state index contributed by atoms with van der Waals surface area (Å²) in [6, 6.07) is 27.2. The van der Waals surface area contributed by atoms with E-state index in [1.54, 1.807) is 0 Å². The first-order valence-electron chi connectivity index (χ1n) is 15.8. The van der Waals surface area contributed by atoms with Crippen LogP contribution in [0.15, 0.2) is 94.3 Å². The zero-order valence-corrected chi connectivity index (χ0v) is 31.4. The topological polar surface area (TPSA) is 0 Å². The zero-order chi connectivity index (χ0) is 31.8. The van der Waals surface area contributed by atoms with Crippen molar-refractivity contribution in [2.75, 3.05) is 0 Å². The molecule has 0 saturated heterocycles. The molecule has 0 atom stereocenters. The molecule has 0 unspecified atom stereocenters. The fourth-order valence-electron chi connectivity index (χ4n) is 8.49. The fourth-order valence-corrected chi connectivity index (χ4v) is 26.4. The number of aryl methyl sites for hydroxylation is 2. The van der Waals surface area contributed by atoms with E-state index in [0.29, 0.717) is 0 Å². The zero-order valence-electron chi connectivity index (χ0n) is 27.4. The van der Waals surface area contributed by atoms with Crippen molar-refractivity contribution in [2.45, 2.75) is 76.3 Å². The minimum atomic E-state index is -4.95. The average Bonchev–Trinajstić information content (AvgIpc) is 3.58. The molecule has 0 heterocycles. The number of benzene rings is 4. The summed E-state index contributed by atoms with van der Waals surface area (Å²) < 4.78 is 9.73. The van der Waals surface area contributed by atoms with Crippen molar-refractivity contribution in [3.8, 4) is 11.1 Å². The summed E-state index contributed by atoms with van der Waals surface area (Å²) in [6.07, 6.45) is 7.76. The molecule has 0 bridgehead atoms. The van der Waals surface area contributed by atoms with Crippen molar-refractivity contribution >= 4 is 34.0 Å². The van der Waals surface area contributed by atoms with Gasteiger partial charge in [0.25, 0.3) is 0 Å². The summed E-state index contributed by atoms with van der Waals surface area (Å²) in [6.45, 7) is 18.5. The number of halogens is 2. The van der Waals surface area contributed by atoms with Gasteiger partial charge < -0.3 is 0 Å². The summed E-state index contributed by atoms with van der Waals surface area (Å²) >= 11 is 8.81. The normalized spacial score (nSPS) is 15.4. The molecule has 0 aromatic heterocycles. The van der Waals surface area contributed by atoms with Gasteiger partial charge in [-0.1, -0.05) is 0 Å². The van der Waals surface area contributed by atoms with Gasteiger partial charge in [0.2, 0.25) is 0 Å². The number of hydrogen-bond acceptors (Lipinski definition) is 0. The van der Waals surface area contributed by atoms with Gasteiger partial charge in [-0.15, -0.1) is 0 Å². The van der Waals surface area contributed by atoms with E-state index in [1.165, 1.54) is 54.3 Å². The van der Waals surface area contributed by atoms with Crippen LogP contribution in [0.1, 0.15) is 85.0 Å². The van der Waals surface area contributed by atoms with E-state index in [4.69, 9.17) is 27.4 Å². The monoisotopic (exact) mass is 696 g/mol. The Morgan fingerprint density at radius 3 is 1.50 bits per heavy atom. The molecule has 4 aromatic rings. The first kappa shape index (κ1) is 31.7. The second kappa shape index (κ2) is 10.6. The molecule has 2 aliphatic rings. The molecule has 6 rings (SSSR count). The number of allylic oxidation sites excluding steroid dienone is 4. The molecule has 44 heavy (non-hydrogen) atoms. The van der Waals surface area contributed by atoms with Crippen LogP contribution >= 0.6 is 23.2 Å². The molecule has 0 fully saturated rings. The second-order valence-corrected chi connectivity index (χ2v) is 29.6. The van der Waals surface area contributed by atoms with E-state index in [9.17, 15) is 0 Å². The number of fused-ring (bicyclic) bond motifs is 3. The van der Waals surface area contributed by atoms with Gasteiger partial charge in [0.1, 0.15) is 0 Å². The van der Waals surface area contributed by atoms with Crippen LogP contribution in [-0.2, 0) is 29.1 Å². The minimum absolute atomic E-state index is 0.0230. The van der Waals surface area contributed by atoms with Crippen LogP contribution in [0.4, 0.5) is 0 Å². The Morgan fingerprint density at radius 2 is 1.14 bits per heavy atom. The van der Waals surface area contributed by atoms with Gasteiger partial charge in [-0.05, 0) is 0 Å². The molecule has 0 nitrogen and oxygen atoms in total. The Hall–Kier alpha value is -2.31. The molecule has 0 aliphatic heterocycles. The maximum atomic E-state index is 6.88. The Bertz CT molecular complexity index is 1840. The third-order valence-corrected chi connectivity index (χ3v) is 28.1. The van der Waals surface area contributed by atoms with Crippen LogP contribution in [0.3, 0.4) is 0 Å². The van der Waals surface area contributed by atoms with Gasteiger partial charge in [-0.3, -0.25) is 0 Å². The number of hydrogen-bond donors (Lipinski definition) is 0. The van der Waals surface area contributed by atoms with Gasteiger partial charge in [0, 0.05) is 0 Å². The van der Waals surface area contributed by atoms with Crippen molar-refractivity contribution in [2.24, 2.45) is 0 Å². The summed E-state index contributed by atoms with van der Waals surface area (Å²) in [5.41, 5.74) is 11.0. The Morgan fingerprint density at radius 1 is 0.682 bits per heavy atom. The van der Waals surface area contributed by atoms with Crippen LogP contribution in [0.2, 0.25) is 10.0 Å². The molecule has 0 N–H and O–H groups in total. The second-order valence-electron chi connectivity index (χ2n) is 15.3. The summed E-state index contributed by atoms with van der Waals surface area (Å²) in [5, 5.41) is 1.49. The molecular formula is C41H44Cl2Zr. The molecule has 3 heteroatoms. The van der Waals surface area contributed by atoms with Gasteiger partial charge in [-0.25, -0.2) is 0 Å².